The molecule has 3 unspecified atom stereocenters. The lowest BCUT2D eigenvalue weighted by atomic mass is 9.90. The van der Waals surface area contributed by atoms with E-state index in [-0.39, 0.29) is 6.10 Å². The third-order valence-electron chi connectivity index (χ3n) is 4.33. The zero-order valence-corrected chi connectivity index (χ0v) is 9.41. The molecule has 0 aromatic heterocycles. The molecule has 0 aliphatic heterocycles. The van der Waals surface area contributed by atoms with Gasteiger partial charge in [-0.05, 0) is 37.0 Å². The first-order valence-electron chi connectivity index (χ1n) is 6.43. The SMILES string of the molecule is CC1CCC(C(O)CC2CCCC2)C1. The quantitative estimate of drug-likeness (QED) is 0.734. The number of aliphatic hydroxyl groups is 1. The predicted octanol–water partition coefficient (Wildman–Crippen LogP) is 3.36. The van der Waals surface area contributed by atoms with Crippen LogP contribution < -0.4 is 0 Å². The number of rotatable bonds is 3. The lowest BCUT2D eigenvalue weighted by Gasteiger charge is -2.21. The van der Waals surface area contributed by atoms with E-state index in [1.165, 1.54) is 44.9 Å². The summed E-state index contributed by atoms with van der Waals surface area (Å²) in [6.45, 7) is 2.32. The molecule has 1 N–H and O–H groups in total. The minimum Gasteiger partial charge on any atom is -0.393 e. The van der Waals surface area contributed by atoms with Crippen molar-refractivity contribution in [3.63, 3.8) is 0 Å². The van der Waals surface area contributed by atoms with Crippen LogP contribution in [0.15, 0.2) is 0 Å². The molecule has 1 heteroatoms. The molecule has 2 aliphatic rings. The normalized spacial score (nSPS) is 36.4. The summed E-state index contributed by atoms with van der Waals surface area (Å²) in [5.41, 5.74) is 0. The van der Waals surface area contributed by atoms with Gasteiger partial charge in [-0.2, -0.15) is 0 Å². The highest BCUT2D eigenvalue weighted by Gasteiger charge is 2.29. The first-order chi connectivity index (χ1) is 6.75. The van der Waals surface area contributed by atoms with Gasteiger partial charge in [-0.1, -0.05) is 39.0 Å². The topological polar surface area (TPSA) is 20.2 Å². The monoisotopic (exact) mass is 196 g/mol. The second-order valence-corrected chi connectivity index (χ2v) is 5.63. The highest BCUT2D eigenvalue weighted by Crippen LogP contribution is 2.37. The van der Waals surface area contributed by atoms with Crippen LogP contribution in [0.4, 0.5) is 0 Å². The van der Waals surface area contributed by atoms with Crippen molar-refractivity contribution in [2.45, 2.75) is 64.4 Å². The first-order valence-corrected chi connectivity index (χ1v) is 6.43. The summed E-state index contributed by atoms with van der Waals surface area (Å²) in [6.07, 6.45) is 10.5. The molecule has 0 bridgehead atoms. The molecule has 0 spiro atoms. The van der Waals surface area contributed by atoms with E-state index in [1.54, 1.807) is 0 Å². The van der Waals surface area contributed by atoms with Gasteiger partial charge in [0.05, 0.1) is 6.10 Å². The minimum absolute atomic E-state index is 0.0167. The number of hydrogen-bond donors (Lipinski definition) is 1. The summed E-state index contributed by atoms with van der Waals surface area (Å²) < 4.78 is 0. The molecule has 1 nitrogen and oxygen atoms in total. The molecule has 2 aliphatic carbocycles. The highest BCUT2D eigenvalue weighted by atomic mass is 16.3. The van der Waals surface area contributed by atoms with E-state index in [4.69, 9.17) is 0 Å². The maximum atomic E-state index is 10.1. The Morgan fingerprint density at radius 2 is 1.86 bits per heavy atom. The third-order valence-corrected chi connectivity index (χ3v) is 4.33. The summed E-state index contributed by atoms with van der Waals surface area (Å²) in [5.74, 6) is 2.34. The van der Waals surface area contributed by atoms with Crippen LogP contribution in [-0.2, 0) is 0 Å². The first kappa shape index (κ1) is 10.5. The van der Waals surface area contributed by atoms with Gasteiger partial charge in [0.15, 0.2) is 0 Å². The molecular weight excluding hydrogens is 172 g/mol. The van der Waals surface area contributed by atoms with Gasteiger partial charge in [-0.15, -0.1) is 0 Å². The molecule has 0 saturated heterocycles. The van der Waals surface area contributed by atoms with Gasteiger partial charge >= 0.3 is 0 Å². The Kier molecular flexibility index (Phi) is 3.48. The molecule has 2 fully saturated rings. The molecule has 2 saturated carbocycles. The van der Waals surface area contributed by atoms with E-state index in [0.29, 0.717) is 5.92 Å². The zero-order chi connectivity index (χ0) is 9.97. The van der Waals surface area contributed by atoms with Gasteiger partial charge in [0.25, 0.3) is 0 Å². The Labute approximate surface area is 87.9 Å². The van der Waals surface area contributed by atoms with E-state index in [2.05, 4.69) is 6.92 Å². The highest BCUT2D eigenvalue weighted by molar-refractivity contribution is 4.81. The molecule has 2 rings (SSSR count). The van der Waals surface area contributed by atoms with Gasteiger partial charge in [0.2, 0.25) is 0 Å². The summed E-state index contributed by atoms with van der Waals surface area (Å²) >= 11 is 0. The van der Waals surface area contributed by atoms with Crippen LogP contribution in [0.2, 0.25) is 0 Å². The van der Waals surface area contributed by atoms with Crippen LogP contribution in [0.3, 0.4) is 0 Å². The van der Waals surface area contributed by atoms with E-state index < -0.39 is 0 Å². The van der Waals surface area contributed by atoms with Crippen LogP contribution in [0.5, 0.6) is 0 Å². The minimum atomic E-state index is 0.0167. The second kappa shape index (κ2) is 4.65. The van der Waals surface area contributed by atoms with Crippen LogP contribution in [0.1, 0.15) is 58.3 Å². The molecule has 82 valence electrons. The molecule has 0 amide bonds. The summed E-state index contributed by atoms with van der Waals surface area (Å²) in [7, 11) is 0. The summed E-state index contributed by atoms with van der Waals surface area (Å²) in [5, 5.41) is 10.1. The predicted molar refractivity (Wildman–Crippen MR) is 59.1 cm³/mol. The second-order valence-electron chi connectivity index (χ2n) is 5.63. The summed E-state index contributed by atoms with van der Waals surface area (Å²) in [6, 6.07) is 0. The Morgan fingerprint density at radius 3 is 2.43 bits per heavy atom. The number of hydrogen-bond acceptors (Lipinski definition) is 1. The van der Waals surface area contributed by atoms with Crippen molar-refractivity contribution in [2.75, 3.05) is 0 Å². The van der Waals surface area contributed by atoms with Gasteiger partial charge in [0.1, 0.15) is 0 Å². The fourth-order valence-corrected chi connectivity index (χ4v) is 3.38. The molecule has 0 aromatic carbocycles. The smallest absolute Gasteiger partial charge is 0.0571 e. The van der Waals surface area contributed by atoms with Gasteiger partial charge in [0, 0.05) is 0 Å². The molecule has 0 radical (unpaired) electrons. The molecular formula is C13H24O. The average molecular weight is 196 g/mol. The van der Waals surface area contributed by atoms with Crippen molar-refractivity contribution >= 4 is 0 Å². The van der Waals surface area contributed by atoms with Gasteiger partial charge in [-0.25, -0.2) is 0 Å². The third kappa shape index (κ3) is 2.50. The maximum Gasteiger partial charge on any atom is 0.0571 e. The zero-order valence-electron chi connectivity index (χ0n) is 9.41. The van der Waals surface area contributed by atoms with Gasteiger partial charge in [-0.3, -0.25) is 0 Å². The van der Waals surface area contributed by atoms with Crippen molar-refractivity contribution in [1.29, 1.82) is 0 Å². The van der Waals surface area contributed by atoms with Crippen molar-refractivity contribution in [1.82, 2.24) is 0 Å². The fourth-order valence-electron chi connectivity index (χ4n) is 3.38. The Morgan fingerprint density at radius 1 is 1.14 bits per heavy atom. The van der Waals surface area contributed by atoms with E-state index >= 15 is 0 Å². The van der Waals surface area contributed by atoms with E-state index in [1.807, 2.05) is 0 Å². The summed E-state index contributed by atoms with van der Waals surface area (Å²) in [4.78, 5) is 0. The fraction of sp³-hybridized carbons (Fsp3) is 1.00. The number of aliphatic hydroxyl groups excluding tert-OH is 1. The maximum absolute atomic E-state index is 10.1. The Balaban J connectivity index is 1.74. The lowest BCUT2D eigenvalue weighted by Crippen LogP contribution is -2.20. The molecule has 0 heterocycles. The van der Waals surface area contributed by atoms with Gasteiger partial charge < -0.3 is 5.11 Å². The van der Waals surface area contributed by atoms with Crippen molar-refractivity contribution in [3.8, 4) is 0 Å². The Hall–Kier alpha value is -0.0400. The molecule has 3 atom stereocenters. The van der Waals surface area contributed by atoms with Crippen molar-refractivity contribution in [2.24, 2.45) is 17.8 Å². The average Bonchev–Trinajstić information content (AvgIpc) is 2.75. The standard InChI is InChI=1S/C13H24O/c1-10-6-7-12(8-10)13(14)9-11-4-2-3-5-11/h10-14H,2-9H2,1H3. The van der Waals surface area contributed by atoms with Crippen LogP contribution >= 0.6 is 0 Å². The van der Waals surface area contributed by atoms with Crippen molar-refractivity contribution in [3.05, 3.63) is 0 Å². The van der Waals surface area contributed by atoms with Crippen LogP contribution in [0.25, 0.3) is 0 Å². The lowest BCUT2D eigenvalue weighted by molar-refractivity contribution is 0.0834. The Bertz CT molecular complexity index is 172. The van der Waals surface area contributed by atoms with Crippen LogP contribution in [-0.4, -0.2) is 11.2 Å². The molecule has 0 aromatic rings. The van der Waals surface area contributed by atoms with E-state index in [9.17, 15) is 5.11 Å². The van der Waals surface area contributed by atoms with Crippen LogP contribution in [0, 0.1) is 17.8 Å². The van der Waals surface area contributed by atoms with Crippen molar-refractivity contribution < 1.29 is 5.11 Å². The van der Waals surface area contributed by atoms with E-state index in [0.717, 1.165) is 18.3 Å². The largest absolute Gasteiger partial charge is 0.393 e. The molecule has 14 heavy (non-hydrogen) atoms.